The molecule has 2 nitrogen and oxygen atoms in total. The molecule has 1 aromatic rings. The van der Waals surface area contributed by atoms with E-state index in [1.165, 1.54) is 12.1 Å². The molecular formula is C10H11ClFNO. The Kier molecular flexibility index (Phi) is 3.89. The molecule has 0 aliphatic carbocycles. The number of carbonyl (C=O) groups excluding carboxylic acids is 1. The molecule has 1 amide bonds. The first-order valence-corrected chi connectivity index (χ1v) is 4.84. The van der Waals surface area contributed by atoms with Crippen LogP contribution in [-0.4, -0.2) is 11.8 Å². The van der Waals surface area contributed by atoms with Gasteiger partial charge in [0, 0.05) is 5.69 Å². The number of aryl methyl sites for hydroxylation is 1. The molecule has 1 aromatic carbocycles. The minimum Gasteiger partial charge on any atom is -0.325 e. The Hall–Kier alpha value is -1.09. The Morgan fingerprint density at radius 1 is 1.50 bits per heavy atom. The van der Waals surface area contributed by atoms with Gasteiger partial charge in [-0.25, -0.2) is 4.39 Å². The van der Waals surface area contributed by atoms with Gasteiger partial charge in [0.25, 0.3) is 0 Å². The highest BCUT2D eigenvalue weighted by Crippen LogP contribution is 2.14. The molecule has 0 fully saturated rings. The predicted octanol–water partition coefficient (Wildman–Crippen LogP) is 2.57. The van der Waals surface area contributed by atoms with Crippen molar-refractivity contribution >= 4 is 23.2 Å². The number of halogens is 2. The minimum atomic E-state index is -0.353. The number of nitrogens with one attached hydrogen (secondary N) is 1. The zero-order valence-corrected chi connectivity index (χ0v) is 8.57. The summed E-state index contributed by atoms with van der Waals surface area (Å²) in [5, 5.41) is 2.50. The normalized spacial score (nSPS) is 9.93. The average Bonchev–Trinajstić information content (AvgIpc) is 2.16. The van der Waals surface area contributed by atoms with Gasteiger partial charge in [0.05, 0.1) is 0 Å². The highest BCUT2D eigenvalue weighted by molar-refractivity contribution is 6.29. The smallest absolute Gasteiger partial charge is 0.239 e. The van der Waals surface area contributed by atoms with Crippen molar-refractivity contribution < 1.29 is 9.18 Å². The van der Waals surface area contributed by atoms with Gasteiger partial charge in [0.1, 0.15) is 11.7 Å². The summed E-state index contributed by atoms with van der Waals surface area (Å²) in [4.78, 5) is 10.9. The number of benzene rings is 1. The van der Waals surface area contributed by atoms with Crippen molar-refractivity contribution in [1.29, 1.82) is 0 Å². The second-order valence-electron chi connectivity index (χ2n) is 2.88. The first-order chi connectivity index (χ1) is 6.65. The number of anilines is 1. The Morgan fingerprint density at radius 2 is 2.21 bits per heavy atom. The highest BCUT2D eigenvalue weighted by atomic mass is 35.5. The SMILES string of the molecule is CCc1cc(F)cc(NC(=O)CCl)c1. The third-order valence-corrected chi connectivity index (χ3v) is 2.01. The molecule has 0 heterocycles. The first kappa shape index (κ1) is 11.0. The van der Waals surface area contributed by atoms with Gasteiger partial charge in [-0.05, 0) is 30.2 Å². The Balaban J connectivity index is 2.86. The van der Waals surface area contributed by atoms with E-state index in [1.54, 1.807) is 6.07 Å². The van der Waals surface area contributed by atoms with Crippen LogP contribution >= 0.6 is 11.6 Å². The molecule has 0 saturated heterocycles. The first-order valence-electron chi connectivity index (χ1n) is 4.31. The molecule has 0 aliphatic heterocycles. The van der Waals surface area contributed by atoms with E-state index in [0.717, 1.165) is 12.0 Å². The maximum absolute atomic E-state index is 13.0. The topological polar surface area (TPSA) is 29.1 Å². The van der Waals surface area contributed by atoms with Crippen LogP contribution in [0.25, 0.3) is 0 Å². The molecule has 1 rings (SSSR count). The van der Waals surface area contributed by atoms with Crippen molar-refractivity contribution in [3.8, 4) is 0 Å². The molecule has 1 N–H and O–H groups in total. The zero-order chi connectivity index (χ0) is 10.6. The van der Waals surface area contributed by atoms with E-state index in [1.807, 2.05) is 6.92 Å². The zero-order valence-electron chi connectivity index (χ0n) is 7.81. The number of hydrogen-bond acceptors (Lipinski definition) is 1. The van der Waals surface area contributed by atoms with E-state index in [4.69, 9.17) is 11.6 Å². The average molecular weight is 216 g/mol. The second-order valence-corrected chi connectivity index (χ2v) is 3.15. The summed E-state index contributed by atoms with van der Waals surface area (Å²) >= 11 is 5.31. The van der Waals surface area contributed by atoms with Crippen molar-refractivity contribution in [1.82, 2.24) is 0 Å². The molecule has 76 valence electrons. The highest BCUT2D eigenvalue weighted by Gasteiger charge is 2.03. The van der Waals surface area contributed by atoms with Crippen molar-refractivity contribution in [3.05, 3.63) is 29.6 Å². The Bertz CT molecular complexity index is 341. The molecule has 0 saturated carbocycles. The van der Waals surface area contributed by atoms with Crippen LogP contribution in [0.2, 0.25) is 0 Å². The van der Waals surface area contributed by atoms with E-state index in [9.17, 15) is 9.18 Å². The van der Waals surface area contributed by atoms with Gasteiger partial charge in [-0.15, -0.1) is 11.6 Å². The van der Waals surface area contributed by atoms with Crippen LogP contribution in [0, 0.1) is 5.82 Å². The van der Waals surface area contributed by atoms with E-state index in [-0.39, 0.29) is 17.6 Å². The number of amides is 1. The van der Waals surface area contributed by atoms with E-state index in [2.05, 4.69) is 5.32 Å². The third kappa shape index (κ3) is 3.00. The lowest BCUT2D eigenvalue weighted by Gasteiger charge is -2.05. The van der Waals surface area contributed by atoms with Gasteiger partial charge in [-0.1, -0.05) is 6.92 Å². The fourth-order valence-corrected chi connectivity index (χ4v) is 1.19. The molecule has 0 spiro atoms. The lowest BCUT2D eigenvalue weighted by atomic mass is 10.1. The molecule has 0 atom stereocenters. The standard InChI is InChI=1S/C10H11ClFNO/c1-2-7-3-8(12)5-9(4-7)13-10(14)6-11/h3-5H,2,6H2,1H3,(H,13,14). The largest absolute Gasteiger partial charge is 0.325 e. The van der Waals surface area contributed by atoms with Crippen LogP contribution < -0.4 is 5.32 Å². The van der Waals surface area contributed by atoms with Gasteiger partial charge in [-0.2, -0.15) is 0 Å². The van der Waals surface area contributed by atoms with Crippen molar-refractivity contribution in [2.45, 2.75) is 13.3 Å². The molecule has 0 aliphatic rings. The summed E-state index contributed by atoms with van der Waals surface area (Å²) in [6.07, 6.45) is 0.724. The molecule has 0 bridgehead atoms. The number of rotatable bonds is 3. The Labute approximate surface area is 87.1 Å². The van der Waals surface area contributed by atoms with Crippen LogP contribution in [0.1, 0.15) is 12.5 Å². The molecule has 4 heteroatoms. The number of hydrogen-bond donors (Lipinski definition) is 1. The van der Waals surface area contributed by atoms with Gasteiger partial charge in [0.15, 0.2) is 0 Å². The van der Waals surface area contributed by atoms with Gasteiger partial charge in [-0.3, -0.25) is 4.79 Å². The van der Waals surface area contributed by atoms with Crippen LogP contribution in [0.3, 0.4) is 0 Å². The summed E-state index contributed by atoms with van der Waals surface area (Å²) in [6, 6.07) is 4.44. The summed E-state index contributed by atoms with van der Waals surface area (Å²) in [7, 11) is 0. The number of carbonyl (C=O) groups is 1. The van der Waals surface area contributed by atoms with Crippen molar-refractivity contribution in [2.75, 3.05) is 11.2 Å². The fourth-order valence-electron chi connectivity index (χ4n) is 1.12. The molecule has 0 radical (unpaired) electrons. The summed E-state index contributed by atoms with van der Waals surface area (Å²) in [6.45, 7) is 1.92. The van der Waals surface area contributed by atoms with E-state index < -0.39 is 0 Å². The minimum absolute atomic E-state index is 0.127. The van der Waals surface area contributed by atoms with E-state index >= 15 is 0 Å². The van der Waals surface area contributed by atoms with Crippen LogP contribution in [-0.2, 0) is 11.2 Å². The molecule has 14 heavy (non-hydrogen) atoms. The predicted molar refractivity (Wildman–Crippen MR) is 55.1 cm³/mol. The second kappa shape index (κ2) is 4.96. The van der Waals surface area contributed by atoms with Gasteiger partial charge < -0.3 is 5.32 Å². The summed E-state index contributed by atoms with van der Waals surface area (Å²) < 4.78 is 13.0. The van der Waals surface area contributed by atoms with Crippen LogP contribution in [0.5, 0.6) is 0 Å². The lowest BCUT2D eigenvalue weighted by molar-refractivity contribution is -0.113. The quantitative estimate of drug-likeness (QED) is 0.772. The van der Waals surface area contributed by atoms with Gasteiger partial charge in [0.2, 0.25) is 5.91 Å². The van der Waals surface area contributed by atoms with Crippen molar-refractivity contribution in [3.63, 3.8) is 0 Å². The third-order valence-electron chi connectivity index (χ3n) is 1.77. The van der Waals surface area contributed by atoms with E-state index in [0.29, 0.717) is 5.69 Å². The summed E-state index contributed by atoms with van der Waals surface area (Å²) in [5.74, 6) is -0.814. The molecule has 0 aromatic heterocycles. The molecule has 0 unspecified atom stereocenters. The maximum atomic E-state index is 13.0. The molecular weight excluding hydrogens is 205 g/mol. The van der Waals surface area contributed by atoms with Crippen LogP contribution in [0.15, 0.2) is 18.2 Å². The monoisotopic (exact) mass is 215 g/mol. The lowest BCUT2D eigenvalue weighted by Crippen LogP contribution is -2.12. The van der Waals surface area contributed by atoms with Gasteiger partial charge >= 0.3 is 0 Å². The maximum Gasteiger partial charge on any atom is 0.239 e. The Morgan fingerprint density at radius 3 is 2.79 bits per heavy atom. The van der Waals surface area contributed by atoms with Crippen molar-refractivity contribution in [2.24, 2.45) is 0 Å². The fraction of sp³-hybridized carbons (Fsp3) is 0.300. The summed E-state index contributed by atoms with van der Waals surface area (Å²) in [5.41, 5.74) is 1.29. The number of alkyl halides is 1. The van der Waals surface area contributed by atoms with Crippen LogP contribution in [0.4, 0.5) is 10.1 Å².